The molecule has 8 nitrogen and oxygen atoms in total. The molecule has 42 heavy (non-hydrogen) atoms. The predicted molar refractivity (Wildman–Crippen MR) is 163 cm³/mol. The molecule has 2 N–H and O–H groups in total. The molecular formula is C33H30BrN3O5. The van der Waals surface area contributed by atoms with Gasteiger partial charge in [-0.1, -0.05) is 46.3 Å². The van der Waals surface area contributed by atoms with Crippen LogP contribution < -0.4 is 5.32 Å². The summed E-state index contributed by atoms with van der Waals surface area (Å²) in [5.41, 5.74) is 2.17. The molecule has 0 bridgehead atoms. The van der Waals surface area contributed by atoms with Crippen molar-refractivity contribution < 1.29 is 19.6 Å². The number of carbonyl (C=O) groups is 2. The first kappa shape index (κ1) is 28.0. The number of nitro groups is 1. The van der Waals surface area contributed by atoms with Crippen LogP contribution in [0.1, 0.15) is 75.8 Å². The van der Waals surface area contributed by atoms with Crippen LogP contribution in [0.25, 0.3) is 10.8 Å². The number of rotatable bonds is 6. The topological polar surface area (TPSA) is 122 Å². The SMILES string of the molecule is CNC(=O)c1cc(Br)cc([N+](=O)[O-])c1C1CC[C@]2(CC(C(=O)c3cncc4cc(O)ccc34)C[C@H]2c2ccccc2)C1. The maximum atomic E-state index is 14.1. The van der Waals surface area contributed by atoms with Gasteiger partial charge >= 0.3 is 0 Å². The van der Waals surface area contributed by atoms with Gasteiger partial charge in [-0.3, -0.25) is 24.7 Å². The van der Waals surface area contributed by atoms with Crippen LogP contribution in [0.2, 0.25) is 0 Å². The Bertz CT molecular complexity index is 1730. The van der Waals surface area contributed by atoms with E-state index in [-0.39, 0.29) is 46.3 Å². The predicted octanol–water partition coefficient (Wildman–Crippen LogP) is 7.30. The van der Waals surface area contributed by atoms with Gasteiger partial charge in [-0.2, -0.15) is 0 Å². The normalized spacial score (nSPS) is 23.3. The van der Waals surface area contributed by atoms with Gasteiger partial charge in [-0.05, 0) is 84.6 Å². The Morgan fingerprint density at radius 2 is 1.86 bits per heavy atom. The van der Waals surface area contributed by atoms with Crippen LogP contribution in [0.15, 0.2) is 77.5 Å². The molecule has 1 spiro atoms. The molecule has 0 radical (unpaired) electrons. The molecule has 0 saturated heterocycles. The van der Waals surface area contributed by atoms with Crippen LogP contribution in [0, 0.1) is 21.4 Å². The molecule has 2 saturated carbocycles. The number of Topliss-reactive ketones (excluding diaryl/α,β-unsaturated/α-hetero) is 1. The fraction of sp³-hybridized carbons (Fsp3) is 0.303. The van der Waals surface area contributed by atoms with Gasteiger partial charge in [0.2, 0.25) is 0 Å². The number of pyridine rings is 1. The minimum absolute atomic E-state index is 0.0284. The number of amides is 1. The van der Waals surface area contributed by atoms with Gasteiger partial charge in [0.15, 0.2) is 5.78 Å². The number of hydrogen-bond acceptors (Lipinski definition) is 6. The van der Waals surface area contributed by atoms with Crippen LogP contribution in [0.5, 0.6) is 5.75 Å². The molecule has 9 heteroatoms. The summed E-state index contributed by atoms with van der Waals surface area (Å²) in [5, 5.41) is 26.3. The second kappa shape index (κ2) is 10.9. The summed E-state index contributed by atoms with van der Waals surface area (Å²) in [7, 11) is 1.52. The maximum absolute atomic E-state index is 14.1. The number of phenols is 1. The molecule has 2 aliphatic carbocycles. The van der Waals surface area contributed by atoms with Gasteiger partial charge in [0.25, 0.3) is 11.6 Å². The Kier molecular flexibility index (Phi) is 7.30. The third kappa shape index (κ3) is 4.85. The summed E-state index contributed by atoms with van der Waals surface area (Å²) in [4.78, 5) is 43.1. The third-order valence-electron chi connectivity index (χ3n) is 9.34. The van der Waals surface area contributed by atoms with E-state index in [0.717, 1.165) is 17.4 Å². The Labute approximate surface area is 251 Å². The lowest BCUT2D eigenvalue weighted by Gasteiger charge is -2.32. The minimum atomic E-state index is -0.404. The van der Waals surface area contributed by atoms with E-state index in [2.05, 4.69) is 38.4 Å². The Balaban J connectivity index is 1.40. The number of benzene rings is 3. The summed E-state index contributed by atoms with van der Waals surface area (Å²) in [6.45, 7) is 0. The van der Waals surface area contributed by atoms with Gasteiger partial charge in [0.05, 0.1) is 10.5 Å². The van der Waals surface area contributed by atoms with E-state index >= 15 is 0 Å². The zero-order valence-electron chi connectivity index (χ0n) is 23.0. The second-order valence-corrected chi connectivity index (χ2v) is 12.5. The number of nitrogens with zero attached hydrogens (tertiary/aromatic N) is 2. The zero-order chi connectivity index (χ0) is 29.6. The smallest absolute Gasteiger partial charge is 0.274 e. The molecule has 2 aliphatic rings. The van der Waals surface area contributed by atoms with Gasteiger partial charge in [0, 0.05) is 52.4 Å². The summed E-state index contributed by atoms with van der Waals surface area (Å²) in [5.74, 6) is -0.582. The molecule has 2 fully saturated rings. The molecule has 214 valence electrons. The van der Waals surface area contributed by atoms with Crippen LogP contribution in [0.3, 0.4) is 0 Å². The van der Waals surface area contributed by atoms with Gasteiger partial charge in [-0.15, -0.1) is 0 Å². The van der Waals surface area contributed by atoms with Crippen molar-refractivity contribution >= 4 is 44.1 Å². The van der Waals surface area contributed by atoms with Gasteiger partial charge in [-0.25, -0.2) is 0 Å². The third-order valence-corrected chi connectivity index (χ3v) is 9.79. The lowest BCUT2D eigenvalue weighted by molar-refractivity contribution is -0.385. The minimum Gasteiger partial charge on any atom is -0.508 e. The Hall–Kier alpha value is -4.11. The van der Waals surface area contributed by atoms with Crippen molar-refractivity contribution in [2.75, 3.05) is 7.05 Å². The highest BCUT2D eigenvalue weighted by Gasteiger charge is 2.54. The number of aromatic nitrogens is 1. The fourth-order valence-corrected chi connectivity index (χ4v) is 8.06. The van der Waals surface area contributed by atoms with Crippen molar-refractivity contribution in [1.82, 2.24) is 10.3 Å². The van der Waals surface area contributed by atoms with Crippen molar-refractivity contribution in [3.8, 4) is 5.75 Å². The average Bonchev–Trinajstić information content (AvgIpc) is 3.59. The molecule has 2 unspecified atom stereocenters. The standard InChI is InChI=1S/C33H30BrN3O5/c1-35-32(40)26-13-23(34)14-29(37(41)42)30(26)20-9-10-33(15-20)16-21(12-28(33)19-5-3-2-4-6-19)31(39)27-18-36-17-22-11-24(38)7-8-25(22)27/h2-8,11,13-14,17-18,20-21,28,38H,9-10,12,15-16H2,1H3,(H,35,40)/t20?,21?,28-,33+/m0/s1. The summed E-state index contributed by atoms with van der Waals surface area (Å²) in [6, 6.07) is 18.3. The molecule has 3 aromatic carbocycles. The first-order chi connectivity index (χ1) is 20.2. The van der Waals surface area contributed by atoms with E-state index in [9.17, 15) is 24.8 Å². The zero-order valence-corrected chi connectivity index (χ0v) is 24.6. The van der Waals surface area contributed by atoms with Crippen molar-refractivity contribution in [3.05, 3.63) is 110 Å². The second-order valence-electron chi connectivity index (χ2n) is 11.6. The first-order valence-electron chi connectivity index (χ1n) is 14.1. The highest BCUT2D eigenvalue weighted by Crippen LogP contribution is 2.64. The monoisotopic (exact) mass is 627 g/mol. The van der Waals surface area contributed by atoms with Crippen LogP contribution >= 0.6 is 15.9 Å². The number of carbonyl (C=O) groups excluding carboxylic acids is 2. The van der Waals surface area contributed by atoms with Crippen molar-refractivity contribution in [2.24, 2.45) is 11.3 Å². The molecule has 1 aromatic heterocycles. The average molecular weight is 629 g/mol. The Morgan fingerprint density at radius 3 is 2.60 bits per heavy atom. The van der Waals surface area contributed by atoms with Crippen LogP contribution in [-0.2, 0) is 0 Å². The molecule has 1 heterocycles. The highest BCUT2D eigenvalue weighted by atomic mass is 79.9. The largest absolute Gasteiger partial charge is 0.508 e. The number of nitro benzene ring substituents is 1. The van der Waals surface area contributed by atoms with Crippen molar-refractivity contribution in [3.63, 3.8) is 0 Å². The number of hydrogen-bond donors (Lipinski definition) is 2. The van der Waals surface area contributed by atoms with Crippen molar-refractivity contribution in [1.29, 1.82) is 0 Å². The molecule has 0 aliphatic heterocycles. The van der Waals surface area contributed by atoms with Gasteiger partial charge < -0.3 is 10.4 Å². The van der Waals surface area contributed by atoms with Crippen LogP contribution in [0.4, 0.5) is 5.69 Å². The summed E-state index contributed by atoms with van der Waals surface area (Å²) < 4.78 is 0.481. The Morgan fingerprint density at radius 1 is 1.07 bits per heavy atom. The highest BCUT2D eigenvalue weighted by molar-refractivity contribution is 9.10. The van der Waals surface area contributed by atoms with E-state index in [1.807, 2.05) is 18.2 Å². The first-order valence-corrected chi connectivity index (χ1v) is 14.9. The number of nitrogens with one attached hydrogen (secondary N) is 1. The fourth-order valence-electron chi connectivity index (χ4n) is 7.62. The number of ketones is 1. The number of halogens is 1. The maximum Gasteiger partial charge on any atom is 0.274 e. The van der Waals surface area contributed by atoms with Gasteiger partial charge in [0.1, 0.15) is 5.75 Å². The van der Waals surface area contributed by atoms with E-state index in [1.165, 1.54) is 13.1 Å². The molecular weight excluding hydrogens is 598 g/mol. The number of phenolic OH excluding ortho intramolecular Hbond substituents is 1. The molecule has 4 aromatic rings. The number of fused-ring (bicyclic) bond motifs is 1. The lowest BCUT2D eigenvalue weighted by atomic mass is 9.72. The lowest BCUT2D eigenvalue weighted by Crippen LogP contribution is -2.23. The molecule has 1 amide bonds. The molecule has 4 atom stereocenters. The van der Waals surface area contributed by atoms with E-state index in [4.69, 9.17) is 0 Å². The summed E-state index contributed by atoms with van der Waals surface area (Å²) >= 11 is 3.35. The van der Waals surface area contributed by atoms with Crippen molar-refractivity contribution in [2.45, 2.75) is 43.9 Å². The number of aromatic hydroxyl groups is 1. The quantitative estimate of drug-likeness (QED) is 0.131. The van der Waals surface area contributed by atoms with E-state index < -0.39 is 4.92 Å². The molecule has 6 rings (SSSR count). The van der Waals surface area contributed by atoms with E-state index in [0.29, 0.717) is 52.2 Å². The summed E-state index contributed by atoms with van der Waals surface area (Å²) in [6.07, 6.45) is 6.69. The van der Waals surface area contributed by atoms with E-state index in [1.54, 1.807) is 36.7 Å². The van der Waals surface area contributed by atoms with Crippen LogP contribution in [-0.4, -0.2) is 33.8 Å².